The molecule has 1 aromatic rings. The lowest BCUT2D eigenvalue weighted by atomic mass is 10.2. The van der Waals surface area contributed by atoms with E-state index in [1.54, 1.807) is 0 Å². The van der Waals surface area contributed by atoms with Crippen LogP contribution in [0.3, 0.4) is 0 Å². The molecule has 0 bridgehead atoms. The minimum absolute atomic E-state index is 0.0593. The summed E-state index contributed by atoms with van der Waals surface area (Å²) in [6.07, 6.45) is 0.770. The molecule has 2 rings (SSSR count). The number of carbonyl (C=O) groups is 1. The molecule has 20 heavy (non-hydrogen) atoms. The topological polar surface area (TPSA) is 41.6 Å². The molecule has 0 spiro atoms. The third-order valence-electron chi connectivity index (χ3n) is 3.41. The monoisotopic (exact) mass is 296 g/mol. The van der Waals surface area contributed by atoms with Gasteiger partial charge in [0.25, 0.3) is 0 Å². The summed E-state index contributed by atoms with van der Waals surface area (Å²) < 4.78 is 5.48. The predicted octanol–water partition coefficient (Wildman–Crippen LogP) is 2.07. The highest BCUT2D eigenvalue weighted by molar-refractivity contribution is 6.31. The number of carbonyl (C=O) groups excluding carboxylic acids is 1. The first kappa shape index (κ1) is 15.3. The molecule has 1 unspecified atom stereocenters. The van der Waals surface area contributed by atoms with E-state index in [0.29, 0.717) is 18.0 Å². The number of hydrogen-bond acceptors (Lipinski definition) is 3. The van der Waals surface area contributed by atoms with Crippen molar-refractivity contribution in [2.24, 2.45) is 0 Å². The summed E-state index contributed by atoms with van der Waals surface area (Å²) >= 11 is 6.05. The third kappa shape index (κ3) is 4.78. The standard InChI is InChI=1S/C15H21ClN2O2/c1-12-11-18(8-9-20-12)7-6-15(19)17-10-13-4-2-3-5-14(13)16/h2-5,12H,6-11H2,1H3,(H,17,19). The van der Waals surface area contributed by atoms with Crippen LogP contribution in [0.5, 0.6) is 0 Å². The van der Waals surface area contributed by atoms with E-state index in [-0.39, 0.29) is 12.0 Å². The summed E-state index contributed by atoms with van der Waals surface area (Å²) in [4.78, 5) is 14.1. The van der Waals surface area contributed by atoms with Crippen LogP contribution in [0.25, 0.3) is 0 Å². The van der Waals surface area contributed by atoms with Crippen molar-refractivity contribution in [3.05, 3.63) is 34.9 Å². The molecular weight excluding hydrogens is 276 g/mol. The Balaban J connectivity index is 1.69. The number of halogens is 1. The Morgan fingerprint density at radius 3 is 3.05 bits per heavy atom. The van der Waals surface area contributed by atoms with Crippen molar-refractivity contribution in [2.45, 2.75) is 26.0 Å². The van der Waals surface area contributed by atoms with Gasteiger partial charge in [0.15, 0.2) is 0 Å². The molecule has 1 heterocycles. The van der Waals surface area contributed by atoms with Gasteiger partial charge >= 0.3 is 0 Å². The zero-order chi connectivity index (χ0) is 14.4. The first-order valence-corrected chi connectivity index (χ1v) is 7.37. The summed E-state index contributed by atoms with van der Waals surface area (Å²) in [5.74, 6) is 0.0593. The lowest BCUT2D eigenvalue weighted by Crippen LogP contribution is -2.42. The number of amides is 1. The highest BCUT2D eigenvalue weighted by Gasteiger charge is 2.17. The van der Waals surface area contributed by atoms with Crippen molar-refractivity contribution in [2.75, 3.05) is 26.2 Å². The average molecular weight is 297 g/mol. The van der Waals surface area contributed by atoms with Gasteiger partial charge in [0.05, 0.1) is 12.7 Å². The summed E-state index contributed by atoms with van der Waals surface area (Å²) in [5, 5.41) is 3.60. The van der Waals surface area contributed by atoms with Crippen molar-refractivity contribution >= 4 is 17.5 Å². The maximum Gasteiger partial charge on any atom is 0.221 e. The summed E-state index contributed by atoms with van der Waals surface area (Å²) in [6.45, 7) is 5.88. The minimum atomic E-state index is 0.0593. The summed E-state index contributed by atoms with van der Waals surface area (Å²) in [6, 6.07) is 7.56. The molecule has 0 aliphatic carbocycles. The van der Waals surface area contributed by atoms with Crippen LogP contribution in [0.4, 0.5) is 0 Å². The molecule has 0 radical (unpaired) electrons. The summed E-state index contributed by atoms with van der Waals surface area (Å²) in [7, 11) is 0. The zero-order valence-electron chi connectivity index (χ0n) is 11.8. The molecule has 110 valence electrons. The maximum absolute atomic E-state index is 11.8. The van der Waals surface area contributed by atoms with E-state index in [0.717, 1.165) is 31.8 Å². The smallest absolute Gasteiger partial charge is 0.221 e. The van der Waals surface area contributed by atoms with Crippen molar-refractivity contribution < 1.29 is 9.53 Å². The maximum atomic E-state index is 11.8. The molecule has 0 saturated carbocycles. The van der Waals surface area contributed by atoms with Crippen LogP contribution in [0.2, 0.25) is 5.02 Å². The van der Waals surface area contributed by atoms with E-state index >= 15 is 0 Å². The average Bonchev–Trinajstić information content (AvgIpc) is 2.44. The van der Waals surface area contributed by atoms with Crippen LogP contribution in [0.15, 0.2) is 24.3 Å². The number of nitrogens with zero attached hydrogens (tertiary/aromatic N) is 1. The number of rotatable bonds is 5. The first-order chi connectivity index (χ1) is 9.65. The van der Waals surface area contributed by atoms with Crippen molar-refractivity contribution in [3.8, 4) is 0 Å². The normalized spacial score (nSPS) is 19.8. The van der Waals surface area contributed by atoms with Gasteiger partial charge in [0.1, 0.15) is 0 Å². The van der Waals surface area contributed by atoms with Crippen LogP contribution < -0.4 is 5.32 Å². The molecule has 0 aromatic heterocycles. The first-order valence-electron chi connectivity index (χ1n) is 6.99. The van der Waals surface area contributed by atoms with Gasteiger partial charge in [-0.25, -0.2) is 0 Å². The van der Waals surface area contributed by atoms with Crippen LogP contribution in [-0.4, -0.2) is 43.2 Å². The lowest BCUT2D eigenvalue weighted by molar-refractivity contribution is -0.122. The second-order valence-electron chi connectivity index (χ2n) is 5.10. The Labute approximate surface area is 125 Å². The molecule has 1 fully saturated rings. The molecule has 1 saturated heterocycles. The quantitative estimate of drug-likeness (QED) is 0.904. The van der Waals surface area contributed by atoms with Gasteiger partial charge in [-0.05, 0) is 18.6 Å². The van der Waals surface area contributed by atoms with E-state index in [9.17, 15) is 4.79 Å². The second kappa shape index (κ2) is 7.62. The Bertz CT molecular complexity index is 453. The molecule has 5 heteroatoms. The largest absolute Gasteiger partial charge is 0.376 e. The van der Waals surface area contributed by atoms with Crippen LogP contribution in [0, 0.1) is 0 Å². The molecular formula is C15H21ClN2O2. The number of nitrogens with one attached hydrogen (secondary N) is 1. The highest BCUT2D eigenvalue weighted by Crippen LogP contribution is 2.14. The minimum Gasteiger partial charge on any atom is -0.376 e. The van der Waals surface area contributed by atoms with Crippen molar-refractivity contribution in [1.29, 1.82) is 0 Å². The third-order valence-corrected chi connectivity index (χ3v) is 3.78. The fourth-order valence-corrected chi connectivity index (χ4v) is 2.48. The van der Waals surface area contributed by atoms with Gasteiger partial charge in [0.2, 0.25) is 5.91 Å². The number of morpholine rings is 1. The van der Waals surface area contributed by atoms with E-state index in [1.165, 1.54) is 0 Å². The fourth-order valence-electron chi connectivity index (χ4n) is 2.28. The van der Waals surface area contributed by atoms with E-state index in [4.69, 9.17) is 16.3 Å². The highest BCUT2D eigenvalue weighted by atomic mass is 35.5. The number of hydrogen-bond donors (Lipinski definition) is 1. The van der Waals surface area contributed by atoms with Crippen LogP contribution in [0.1, 0.15) is 18.9 Å². The van der Waals surface area contributed by atoms with Crippen LogP contribution in [-0.2, 0) is 16.1 Å². The van der Waals surface area contributed by atoms with Gasteiger partial charge in [-0.1, -0.05) is 29.8 Å². The van der Waals surface area contributed by atoms with Crippen molar-refractivity contribution in [3.63, 3.8) is 0 Å². The molecule has 4 nitrogen and oxygen atoms in total. The molecule has 1 aliphatic heterocycles. The number of benzene rings is 1. The van der Waals surface area contributed by atoms with Gasteiger partial charge in [0, 0.05) is 37.6 Å². The predicted molar refractivity (Wildman–Crippen MR) is 79.8 cm³/mol. The van der Waals surface area contributed by atoms with Gasteiger partial charge < -0.3 is 10.1 Å². The molecule has 1 aliphatic rings. The van der Waals surface area contributed by atoms with E-state index in [1.807, 2.05) is 24.3 Å². The van der Waals surface area contributed by atoms with Gasteiger partial charge in [-0.3, -0.25) is 9.69 Å². The Kier molecular flexibility index (Phi) is 5.83. The fraction of sp³-hybridized carbons (Fsp3) is 0.533. The number of ether oxygens (including phenoxy) is 1. The summed E-state index contributed by atoms with van der Waals surface area (Å²) in [5.41, 5.74) is 0.947. The molecule has 1 amide bonds. The molecule has 1 N–H and O–H groups in total. The van der Waals surface area contributed by atoms with Gasteiger partial charge in [-0.15, -0.1) is 0 Å². The molecule has 1 atom stereocenters. The van der Waals surface area contributed by atoms with E-state index in [2.05, 4.69) is 17.1 Å². The van der Waals surface area contributed by atoms with Crippen molar-refractivity contribution in [1.82, 2.24) is 10.2 Å². The van der Waals surface area contributed by atoms with Crippen LogP contribution >= 0.6 is 11.6 Å². The Morgan fingerprint density at radius 1 is 1.50 bits per heavy atom. The zero-order valence-corrected chi connectivity index (χ0v) is 12.5. The Hall–Kier alpha value is -1.10. The Morgan fingerprint density at radius 2 is 2.30 bits per heavy atom. The lowest BCUT2D eigenvalue weighted by Gasteiger charge is -2.30. The SMILES string of the molecule is CC1CN(CCC(=O)NCc2ccccc2Cl)CCO1. The molecule has 1 aromatic carbocycles. The second-order valence-corrected chi connectivity index (χ2v) is 5.51. The van der Waals surface area contributed by atoms with Gasteiger partial charge in [-0.2, -0.15) is 0 Å². The van der Waals surface area contributed by atoms with E-state index < -0.39 is 0 Å².